The number of rotatable bonds is 6. The fraction of sp³-hybridized carbons (Fsp3) is 0.154. The van der Waals surface area contributed by atoms with Crippen molar-refractivity contribution in [1.29, 1.82) is 0 Å². The fourth-order valence-electron chi connectivity index (χ4n) is 3.52. The molecule has 0 saturated carbocycles. The smallest absolute Gasteiger partial charge is 0.294 e. The maximum Gasteiger partial charge on any atom is 0.294 e. The summed E-state index contributed by atoms with van der Waals surface area (Å²) >= 11 is 0.716. The van der Waals surface area contributed by atoms with Crippen molar-refractivity contribution in [2.24, 2.45) is 0 Å². The molecule has 0 aliphatic carbocycles. The summed E-state index contributed by atoms with van der Waals surface area (Å²) in [6.07, 6.45) is 1.42. The van der Waals surface area contributed by atoms with Crippen molar-refractivity contribution in [1.82, 2.24) is 4.90 Å². The molecule has 2 aromatic carbocycles. The zero-order chi connectivity index (χ0) is 25.3. The molecule has 1 fully saturated rings. The molecule has 8 nitrogen and oxygen atoms in total. The molecule has 0 radical (unpaired) electrons. The molecule has 1 aromatic heterocycles. The van der Waals surface area contributed by atoms with E-state index in [2.05, 4.69) is 5.32 Å². The summed E-state index contributed by atoms with van der Waals surface area (Å²) in [5.74, 6) is -1.66. The Kier molecular flexibility index (Phi) is 6.61. The highest BCUT2D eigenvalue weighted by Crippen LogP contribution is 2.34. The van der Waals surface area contributed by atoms with Gasteiger partial charge in [-0.15, -0.1) is 0 Å². The number of furan rings is 1. The van der Waals surface area contributed by atoms with Gasteiger partial charge < -0.3 is 19.6 Å². The van der Waals surface area contributed by atoms with Gasteiger partial charge in [0.2, 0.25) is 5.91 Å². The average Bonchev–Trinajstić information content (AvgIpc) is 3.36. The molecule has 0 bridgehead atoms. The number of nitrogens with zero attached hydrogens (tertiary/aromatic N) is 1. The van der Waals surface area contributed by atoms with Crippen molar-refractivity contribution >= 4 is 46.5 Å². The lowest BCUT2D eigenvalue weighted by molar-refractivity contribution is -0.255. The summed E-state index contributed by atoms with van der Waals surface area (Å²) in [6.45, 7) is 5.29. The molecule has 0 spiro atoms. The van der Waals surface area contributed by atoms with E-state index in [1.807, 2.05) is 32.9 Å². The SMILES string of the molecule is Cc1ccc(NC(=O)CN2C(=O)S/C(=C\c3ccc(-c4cc(C(=O)[O-])ccc4C)o3)C2=O)cc1C. The van der Waals surface area contributed by atoms with Crippen LogP contribution in [0.3, 0.4) is 0 Å². The van der Waals surface area contributed by atoms with Crippen LogP contribution in [0.2, 0.25) is 0 Å². The summed E-state index contributed by atoms with van der Waals surface area (Å²) < 4.78 is 5.78. The third-order valence-corrected chi connectivity index (χ3v) is 6.51. The molecule has 0 unspecified atom stereocenters. The van der Waals surface area contributed by atoms with Crippen molar-refractivity contribution in [2.45, 2.75) is 20.8 Å². The minimum absolute atomic E-state index is 0.0174. The topological polar surface area (TPSA) is 120 Å². The first kappa shape index (κ1) is 24.0. The second-order valence-electron chi connectivity index (χ2n) is 8.13. The number of carboxylic acids is 1. The van der Waals surface area contributed by atoms with Crippen LogP contribution in [-0.4, -0.2) is 34.5 Å². The first-order valence-electron chi connectivity index (χ1n) is 10.7. The maximum atomic E-state index is 12.8. The van der Waals surface area contributed by atoms with Crippen LogP contribution in [0.25, 0.3) is 17.4 Å². The first-order chi connectivity index (χ1) is 16.6. The van der Waals surface area contributed by atoms with E-state index in [-0.39, 0.29) is 10.5 Å². The predicted octanol–water partition coefficient (Wildman–Crippen LogP) is 3.91. The number of aryl methyl sites for hydroxylation is 3. The highest BCUT2D eigenvalue weighted by Gasteiger charge is 2.36. The Morgan fingerprint density at radius 3 is 2.46 bits per heavy atom. The normalized spacial score (nSPS) is 14.6. The van der Waals surface area contributed by atoms with Crippen molar-refractivity contribution in [3.63, 3.8) is 0 Å². The molecule has 3 amide bonds. The molecule has 9 heteroatoms. The highest BCUT2D eigenvalue weighted by atomic mass is 32.2. The number of anilines is 1. The van der Waals surface area contributed by atoms with Crippen LogP contribution < -0.4 is 10.4 Å². The number of hydrogen-bond acceptors (Lipinski definition) is 7. The number of amides is 3. The first-order valence-corrected chi connectivity index (χ1v) is 11.5. The van der Waals surface area contributed by atoms with E-state index in [1.54, 1.807) is 24.3 Å². The second kappa shape index (κ2) is 9.63. The summed E-state index contributed by atoms with van der Waals surface area (Å²) in [7, 11) is 0. The Balaban J connectivity index is 1.48. The van der Waals surface area contributed by atoms with E-state index < -0.39 is 29.6 Å². The number of thioether (sulfide) groups is 1. The summed E-state index contributed by atoms with van der Waals surface area (Å²) in [6, 6.07) is 13.3. The molecule has 0 atom stereocenters. The Morgan fingerprint density at radius 2 is 1.74 bits per heavy atom. The molecule has 3 aromatic rings. The number of carbonyl (C=O) groups is 4. The van der Waals surface area contributed by atoms with Crippen LogP contribution in [0.4, 0.5) is 10.5 Å². The van der Waals surface area contributed by atoms with E-state index >= 15 is 0 Å². The largest absolute Gasteiger partial charge is 0.545 e. The molecule has 178 valence electrons. The van der Waals surface area contributed by atoms with Gasteiger partial charge in [-0.05, 0) is 85.1 Å². The van der Waals surface area contributed by atoms with Gasteiger partial charge in [-0.3, -0.25) is 19.3 Å². The van der Waals surface area contributed by atoms with Crippen LogP contribution in [0.5, 0.6) is 0 Å². The van der Waals surface area contributed by atoms with Crippen LogP contribution >= 0.6 is 11.8 Å². The van der Waals surface area contributed by atoms with Gasteiger partial charge in [0, 0.05) is 17.3 Å². The minimum atomic E-state index is -1.30. The van der Waals surface area contributed by atoms with Crippen LogP contribution in [0.15, 0.2) is 57.9 Å². The van der Waals surface area contributed by atoms with Crippen LogP contribution in [-0.2, 0) is 9.59 Å². The van der Waals surface area contributed by atoms with E-state index in [0.717, 1.165) is 21.6 Å². The quantitative estimate of drug-likeness (QED) is 0.521. The van der Waals surface area contributed by atoms with Gasteiger partial charge in [-0.1, -0.05) is 18.2 Å². The monoisotopic (exact) mass is 489 g/mol. The van der Waals surface area contributed by atoms with Crippen molar-refractivity contribution in [2.75, 3.05) is 11.9 Å². The molecular weight excluding hydrogens is 468 g/mol. The number of nitrogens with one attached hydrogen (secondary N) is 1. The molecule has 2 heterocycles. The number of carbonyl (C=O) groups excluding carboxylic acids is 4. The third-order valence-electron chi connectivity index (χ3n) is 5.60. The zero-order valence-electron chi connectivity index (χ0n) is 19.2. The second-order valence-corrected chi connectivity index (χ2v) is 9.13. The van der Waals surface area contributed by atoms with Gasteiger partial charge in [0.1, 0.15) is 18.1 Å². The van der Waals surface area contributed by atoms with Gasteiger partial charge in [0.05, 0.1) is 10.9 Å². The van der Waals surface area contributed by atoms with Gasteiger partial charge >= 0.3 is 0 Å². The number of imide groups is 1. The Bertz CT molecular complexity index is 1400. The molecular formula is C26H21N2O6S-. The van der Waals surface area contributed by atoms with Crippen molar-refractivity contribution in [3.05, 3.63) is 81.5 Å². The zero-order valence-corrected chi connectivity index (χ0v) is 20.0. The standard InChI is InChI=1S/C26H22N2O6S/c1-14-5-7-18(10-16(14)3)27-23(29)13-28-24(30)22(35-26(28)33)12-19-8-9-21(34-19)20-11-17(25(31)32)6-4-15(20)2/h4-12H,13H2,1-3H3,(H,27,29)(H,31,32)/p-1/b22-12-. The molecule has 1 N–H and O–H groups in total. The van der Waals surface area contributed by atoms with E-state index in [1.165, 1.54) is 18.2 Å². The Labute approximate surface area is 205 Å². The lowest BCUT2D eigenvalue weighted by atomic mass is 10.0. The maximum absolute atomic E-state index is 12.8. The molecule has 1 aliphatic heterocycles. The van der Waals surface area contributed by atoms with E-state index in [4.69, 9.17) is 4.42 Å². The summed E-state index contributed by atoms with van der Waals surface area (Å²) in [5, 5.41) is 13.3. The van der Waals surface area contributed by atoms with Gasteiger partial charge in [-0.2, -0.15) is 0 Å². The van der Waals surface area contributed by atoms with Gasteiger partial charge in [-0.25, -0.2) is 0 Å². The lowest BCUT2D eigenvalue weighted by Crippen LogP contribution is -2.36. The number of aromatic carboxylic acids is 1. The van der Waals surface area contributed by atoms with Crippen LogP contribution in [0, 0.1) is 20.8 Å². The average molecular weight is 490 g/mol. The number of benzene rings is 2. The molecule has 1 saturated heterocycles. The summed E-state index contributed by atoms with van der Waals surface area (Å²) in [5.41, 5.74) is 4.07. The molecule has 1 aliphatic rings. The predicted molar refractivity (Wildman–Crippen MR) is 130 cm³/mol. The van der Waals surface area contributed by atoms with Crippen LogP contribution in [0.1, 0.15) is 32.8 Å². The van der Waals surface area contributed by atoms with Crippen molar-refractivity contribution in [3.8, 4) is 11.3 Å². The lowest BCUT2D eigenvalue weighted by Gasteiger charge is -2.13. The highest BCUT2D eigenvalue weighted by molar-refractivity contribution is 8.18. The molecule has 4 rings (SSSR count). The van der Waals surface area contributed by atoms with E-state index in [0.29, 0.717) is 34.5 Å². The fourth-order valence-corrected chi connectivity index (χ4v) is 4.34. The molecule has 35 heavy (non-hydrogen) atoms. The van der Waals surface area contributed by atoms with E-state index in [9.17, 15) is 24.3 Å². The number of carboxylic acid groups (broad SMARTS) is 1. The Morgan fingerprint density at radius 1 is 1.00 bits per heavy atom. The minimum Gasteiger partial charge on any atom is -0.545 e. The summed E-state index contributed by atoms with van der Waals surface area (Å²) in [4.78, 5) is 49.8. The van der Waals surface area contributed by atoms with Crippen molar-refractivity contribution < 1.29 is 28.7 Å². The van der Waals surface area contributed by atoms with Gasteiger partial charge in [0.25, 0.3) is 11.1 Å². The third kappa shape index (κ3) is 5.20. The Hall–Kier alpha value is -4.11. The van der Waals surface area contributed by atoms with Gasteiger partial charge in [0.15, 0.2) is 0 Å². The number of hydrogen-bond donors (Lipinski definition) is 1.